The van der Waals surface area contributed by atoms with Crippen LogP contribution in [-0.4, -0.2) is 23.6 Å². The first-order chi connectivity index (χ1) is 7.25. The quantitative estimate of drug-likeness (QED) is 0.843. The first-order valence-electron chi connectivity index (χ1n) is 5.06. The van der Waals surface area contributed by atoms with Crippen molar-refractivity contribution in [2.75, 3.05) is 6.61 Å². The second kappa shape index (κ2) is 4.72. The molecule has 1 aliphatic rings. The van der Waals surface area contributed by atoms with Crippen molar-refractivity contribution in [2.24, 2.45) is 0 Å². The van der Waals surface area contributed by atoms with Gasteiger partial charge in [-0.2, -0.15) is 0 Å². The Morgan fingerprint density at radius 1 is 1.80 bits per heavy atom. The van der Waals surface area contributed by atoms with Gasteiger partial charge < -0.3 is 10.1 Å². The Morgan fingerprint density at radius 2 is 2.67 bits per heavy atom. The smallest absolute Gasteiger partial charge is 0.249 e. The summed E-state index contributed by atoms with van der Waals surface area (Å²) in [5.41, 5.74) is 0.920. The van der Waals surface area contributed by atoms with E-state index < -0.39 is 0 Å². The van der Waals surface area contributed by atoms with Crippen molar-refractivity contribution in [3.8, 4) is 0 Å². The van der Waals surface area contributed by atoms with Crippen LogP contribution in [0.3, 0.4) is 0 Å². The van der Waals surface area contributed by atoms with Crippen LogP contribution in [0.2, 0.25) is 0 Å². The highest BCUT2D eigenvalue weighted by Crippen LogP contribution is 2.12. The molecule has 0 aromatic carbocycles. The zero-order valence-corrected chi connectivity index (χ0v) is 9.47. The number of amides is 1. The Bertz CT molecular complexity index is 345. The van der Waals surface area contributed by atoms with E-state index in [1.54, 1.807) is 11.3 Å². The monoisotopic (exact) mass is 226 g/mol. The lowest BCUT2D eigenvalue weighted by Crippen LogP contribution is -2.33. The van der Waals surface area contributed by atoms with E-state index in [2.05, 4.69) is 10.3 Å². The molecule has 0 radical (unpaired) electrons. The molecule has 1 atom stereocenters. The van der Waals surface area contributed by atoms with Crippen LogP contribution in [0.15, 0.2) is 5.38 Å². The predicted octanol–water partition coefficient (Wildman–Crippen LogP) is 1.25. The molecule has 2 heterocycles. The third kappa shape index (κ3) is 2.76. The molecule has 4 nitrogen and oxygen atoms in total. The zero-order chi connectivity index (χ0) is 10.7. The Morgan fingerprint density at radius 3 is 3.27 bits per heavy atom. The van der Waals surface area contributed by atoms with E-state index in [9.17, 15) is 4.79 Å². The van der Waals surface area contributed by atoms with E-state index >= 15 is 0 Å². The summed E-state index contributed by atoms with van der Waals surface area (Å²) in [5, 5.41) is 5.82. The maximum atomic E-state index is 11.6. The van der Waals surface area contributed by atoms with Crippen molar-refractivity contribution in [1.82, 2.24) is 10.3 Å². The third-order valence-corrected chi connectivity index (χ3v) is 3.15. The van der Waals surface area contributed by atoms with Crippen LogP contribution in [0.4, 0.5) is 0 Å². The molecule has 0 bridgehead atoms. The van der Waals surface area contributed by atoms with Crippen molar-refractivity contribution in [3.63, 3.8) is 0 Å². The van der Waals surface area contributed by atoms with Gasteiger partial charge in [0.05, 0.1) is 17.2 Å². The van der Waals surface area contributed by atoms with Crippen molar-refractivity contribution < 1.29 is 9.53 Å². The van der Waals surface area contributed by atoms with Crippen LogP contribution in [0.5, 0.6) is 0 Å². The standard InChI is InChI=1S/C10H14N2O2S/c1-7-12-8(6-15-7)5-11-10(13)9-3-2-4-14-9/h6,9H,2-5H2,1H3,(H,11,13)/t9-/m1/s1. The topological polar surface area (TPSA) is 51.2 Å². The molecule has 0 unspecified atom stereocenters. The van der Waals surface area contributed by atoms with Crippen LogP contribution in [0.25, 0.3) is 0 Å². The van der Waals surface area contributed by atoms with Crippen LogP contribution in [0, 0.1) is 6.92 Å². The van der Waals surface area contributed by atoms with Gasteiger partial charge in [-0.1, -0.05) is 0 Å². The predicted molar refractivity (Wildman–Crippen MR) is 57.7 cm³/mol. The van der Waals surface area contributed by atoms with E-state index in [1.807, 2.05) is 12.3 Å². The molecule has 82 valence electrons. The Balaban J connectivity index is 1.80. The lowest BCUT2D eigenvalue weighted by Gasteiger charge is -2.08. The zero-order valence-electron chi connectivity index (χ0n) is 8.66. The van der Waals surface area contributed by atoms with E-state index in [0.717, 1.165) is 23.5 Å². The number of aryl methyl sites for hydroxylation is 1. The molecule has 5 heteroatoms. The van der Waals surface area contributed by atoms with Crippen molar-refractivity contribution in [3.05, 3.63) is 16.1 Å². The Kier molecular flexibility index (Phi) is 3.33. The van der Waals surface area contributed by atoms with Gasteiger partial charge in [0, 0.05) is 12.0 Å². The fourth-order valence-corrected chi connectivity index (χ4v) is 2.18. The SMILES string of the molecule is Cc1nc(CNC(=O)[C@H]2CCCO2)cs1. The average molecular weight is 226 g/mol. The fraction of sp³-hybridized carbons (Fsp3) is 0.600. The largest absolute Gasteiger partial charge is 0.368 e. The van der Waals surface area contributed by atoms with E-state index in [4.69, 9.17) is 4.74 Å². The number of carbonyl (C=O) groups excluding carboxylic acids is 1. The van der Waals surface area contributed by atoms with Gasteiger partial charge in [-0.25, -0.2) is 4.98 Å². The first-order valence-corrected chi connectivity index (χ1v) is 5.94. The summed E-state index contributed by atoms with van der Waals surface area (Å²) >= 11 is 1.59. The normalized spacial score (nSPS) is 20.5. The van der Waals surface area contributed by atoms with Gasteiger partial charge in [0.1, 0.15) is 6.10 Å². The highest BCUT2D eigenvalue weighted by molar-refractivity contribution is 7.09. The fourth-order valence-electron chi connectivity index (χ4n) is 1.57. The molecule has 1 aliphatic heterocycles. The molecule has 0 spiro atoms. The van der Waals surface area contributed by atoms with Crippen LogP contribution in [-0.2, 0) is 16.1 Å². The van der Waals surface area contributed by atoms with Gasteiger partial charge in [-0.15, -0.1) is 11.3 Å². The summed E-state index contributed by atoms with van der Waals surface area (Å²) < 4.78 is 5.28. The lowest BCUT2D eigenvalue weighted by atomic mass is 10.2. The first kappa shape index (κ1) is 10.6. The van der Waals surface area contributed by atoms with E-state index in [-0.39, 0.29) is 12.0 Å². The summed E-state index contributed by atoms with van der Waals surface area (Å²) in [7, 11) is 0. The molecule has 1 fully saturated rings. The Labute approximate surface area is 92.7 Å². The minimum Gasteiger partial charge on any atom is -0.368 e. The highest BCUT2D eigenvalue weighted by atomic mass is 32.1. The van der Waals surface area contributed by atoms with Gasteiger partial charge in [-0.3, -0.25) is 4.79 Å². The summed E-state index contributed by atoms with van der Waals surface area (Å²) in [6.45, 7) is 3.16. The summed E-state index contributed by atoms with van der Waals surface area (Å²) in [5.74, 6) is -0.0156. The molecule has 1 aromatic rings. The third-order valence-electron chi connectivity index (χ3n) is 2.33. The number of nitrogens with one attached hydrogen (secondary N) is 1. The summed E-state index contributed by atoms with van der Waals surface area (Å²) in [4.78, 5) is 15.8. The van der Waals surface area contributed by atoms with E-state index in [1.165, 1.54) is 0 Å². The number of carbonyl (C=O) groups is 1. The molecule has 1 saturated heterocycles. The van der Waals surface area contributed by atoms with Crippen LogP contribution >= 0.6 is 11.3 Å². The van der Waals surface area contributed by atoms with Crippen LogP contribution in [0.1, 0.15) is 23.5 Å². The maximum Gasteiger partial charge on any atom is 0.249 e. The molecule has 0 aliphatic carbocycles. The van der Waals surface area contributed by atoms with E-state index in [0.29, 0.717) is 13.2 Å². The number of hydrogen-bond donors (Lipinski definition) is 1. The summed E-state index contributed by atoms with van der Waals surface area (Å²) in [6, 6.07) is 0. The molecular weight excluding hydrogens is 212 g/mol. The molecule has 0 saturated carbocycles. The molecule has 1 N–H and O–H groups in total. The second-order valence-corrected chi connectivity index (χ2v) is 4.64. The number of ether oxygens (including phenoxy) is 1. The number of rotatable bonds is 3. The number of nitrogens with zero attached hydrogens (tertiary/aromatic N) is 1. The van der Waals surface area contributed by atoms with Crippen molar-refractivity contribution >= 4 is 17.2 Å². The number of thiazole rings is 1. The molecule has 2 rings (SSSR count). The second-order valence-electron chi connectivity index (χ2n) is 3.58. The molecular formula is C10H14N2O2S. The number of aromatic nitrogens is 1. The van der Waals surface area contributed by atoms with Gasteiger partial charge in [0.2, 0.25) is 5.91 Å². The lowest BCUT2D eigenvalue weighted by molar-refractivity contribution is -0.130. The van der Waals surface area contributed by atoms with Gasteiger partial charge in [-0.05, 0) is 19.8 Å². The minimum atomic E-state index is -0.246. The summed E-state index contributed by atoms with van der Waals surface area (Å²) in [6.07, 6.45) is 1.57. The van der Waals surface area contributed by atoms with Crippen molar-refractivity contribution in [2.45, 2.75) is 32.4 Å². The Hall–Kier alpha value is -0.940. The molecule has 1 amide bonds. The van der Waals surface area contributed by atoms with Crippen LogP contribution < -0.4 is 5.32 Å². The van der Waals surface area contributed by atoms with Gasteiger partial charge in [0.15, 0.2) is 0 Å². The molecule has 1 aromatic heterocycles. The minimum absolute atomic E-state index is 0.0156. The average Bonchev–Trinajstić information content (AvgIpc) is 2.84. The van der Waals surface area contributed by atoms with Crippen molar-refractivity contribution in [1.29, 1.82) is 0 Å². The maximum absolute atomic E-state index is 11.6. The van der Waals surface area contributed by atoms with Gasteiger partial charge >= 0.3 is 0 Å². The highest BCUT2D eigenvalue weighted by Gasteiger charge is 2.23. The molecule has 15 heavy (non-hydrogen) atoms. The number of hydrogen-bond acceptors (Lipinski definition) is 4. The van der Waals surface area contributed by atoms with Gasteiger partial charge in [0.25, 0.3) is 0 Å².